The Morgan fingerprint density at radius 2 is 2.13 bits per heavy atom. The van der Waals surface area contributed by atoms with Crippen LogP contribution in [0.25, 0.3) is 0 Å². The monoisotopic (exact) mass is 211 g/mol. The quantitative estimate of drug-likeness (QED) is 0.774. The van der Waals surface area contributed by atoms with Crippen LogP contribution in [-0.4, -0.2) is 29.6 Å². The third kappa shape index (κ3) is 2.70. The van der Waals surface area contributed by atoms with Crippen LogP contribution in [0.3, 0.4) is 0 Å². The Morgan fingerprint density at radius 3 is 2.80 bits per heavy atom. The molecule has 4 heteroatoms. The summed E-state index contributed by atoms with van der Waals surface area (Å²) in [6.45, 7) is 0.660. The molecule has 2 aliphatic rings. The van der Waals surface area contributed by atoms with Gasteiger partial charge in [0.1, 0.15) is 12.5 Å². The maximum Gasteiger partial charge on any atom is 0.312 e. The second-order valence-corrected chi connectivity index (χ2v) is 4.36. The van der Waals surface area contributed by atoms with E-state index in [1.54, 1.807) is 0 Å². The van der Waals surface area contributed by atoms with Crippen LogP contribution in [0.2, 0.25) is 0 Å². The molecule has 0 spiro atoms. The first kappa shape index (κ1) is 10.5. The minimum absolute atomic E-state index is 0.0663. The van der Waals surface area contributed by atoms with Crippen molar-refractivity contribution in [1.82, 2.24) is 0 Å². The number of carboxylic acids is 1. The molecular weight excluding hydrogens is 194 g/mol. The first-order valence-corrected chi connectivity index (χ1v) is 5.67. The average Bonchev–Trinajstić information content (AvgIpc) is 2.67. The first-order valence-electron chi connectivity index (χ1n) is 5.67. The summed E-state index contributed by atoms with van der Waals surface area (Å²) in [5.41, 5.74) is 0. The van der Waals surface area contributed by atoms with Gasteiger partial charge in [-0.15, -0.1) is 0 Å². The van der Waals surface area contributed by atoms with Crippen molar-refractivity contribution >= 4 is 11.9 Å². The topological polar surface area (TPSA) is 58.9 Å². The average molecular weight is 211 g/mol. The number of nitrogens with zero attached hydrogens (tertiary/aromatic N) is 1. The first-order chi connectivity index (χ1) is 7.25. The van der Waals surface area contributed by atoms with Crippen LogP contribution in [0.5, 0.6) is 0 Å². The van der Waals surface area contributed by atoms with Crippen LogP contribution in [-0.2, 0) is 9.53 Å². The van der Waals surface area contributed by atoms with Crippen molar-refractivity contribution in [3.05, 3.63) is 0 Å². The number of hydrogen-bond acceptors (Lipinski definition) is 3. The molecule has 0 aromatic rings. The normalized spacial score (nSPS) is 27.2. The van der Waals surface area contributed by atoms with Crippen molar-refractivity contribution in [3.8, 4) is 0 Å². The Bertz CT molecular complexity index is 269. The molecule has 0 aromatic carbocycles. The summed E-state index contributed by atoms with van der Waals surface area (Å²) < 4.78 is 5.58. The molecule has 0 radical (unpaired) electrons. The SMILES string of the molecule is O=C(O)CC1=NCC(C2CCCCC2)O1. The van der Waals surface area contributed by atoms with Crippen LogP contribution in [0.4, 0.5) is 0 Å². The maximum absolute atomic E-state index is 10.5. The zero-order chi connectivity index (χ0) is 10.7. The largest absolute Gasteiger partial charge is 0.481 e. The van der Waals surface area contributed by atoms with Crippen LogP contribution < -0.4 is 0 Å². The van der Waals surface area contributed by atoms with Gasteiger partial charge in [-0.25, -0.2) is 0 Å². The number of carboxylic acid groups (broad SMARTS) is 1. The van der Waals surface area contributed by atoms with Crippen molar-refractivity contribution in [1.29, 1.82) is 0 Å². The predicted octanol–water partition coefficient (Wildman–Crippen LogP) is 1.84. The van der Waals surface area contributed by atoms with Crippen molar-refractivity contribution in [2.75, 3.05) is 6.54 Å². The van der Waals surface area contributed by atoms with Gasteiger partial charge in [0, 0.05) is 0 Å². The third-order valence-corrected chi connectivity index (χ3v) is 3.21. The van der Waals surface area contributed by atoms with Gasteiger partial charge in [-0.2, -0.15) is 0 Å². The van der Waals surface area contributed by atoms with E-state index < -0.39 is 5.97 Å². The Balaban J connectivity index is 1.81. The van der Waals surface area contributed by atoms with Gasteiger partial charge in [-0.05, 0) is 18.8 Å². The van der Waals surface area contributed by atoms with Crippen LogP contribution >= 0.6 is 0 Å². The lowest BCUT2D eigenvalue weighted by atomic mass is 9.85. The van der Waals surface area contributed by atoms with E-state index in [1.165, 1.54) is 32.1 Å². The zero-order valence-corrected chi connectivity index (χ0v) is 8.82. The highest BCUT2D eigenvalue weighted by atomic mass is 16.5. The second-order valence-electron chi connectivity index (χ2n) is 4.36. The van der Waals surface area contributed by atoms with E-state index in [0.29, 0.717) is 18.4 Å². The van der Waals surface area contributed by atoms with Gasteiger partial charge in [0.15, 0.2) is 5.90 Å². The standard InChI is InChI=1S/C11H17NO3/c13-11(14)6-10-12-7-9(15-10)8-4-2-1-3-5-8/h8-9H,1-7H2,(H,13,14). The molecule has 1 aliphatic carbocycles. The van der Waals surface area contributed by atoms with Crippen LogP contribution in [0.15, 0.2) is 4.99 Å². The number of ether oxygens (including phenoxy) is 1. The maximum atomic E-state index is 10.5. The molecule has 0 bridgehead atoms. The molecule has 0 amide bonds. The number of carbonyl (C=O) groups is 1. The summed E-state index contributed by atoms with van der Waals surface area (Å²) in [4.78, 5) is 14.6. The fourth-order valence-corrected chi connectivity index (χ4v) is 2.42. The summed E-state index contributed by atoms with van der Waals surface area (Å²) in [7, 11) is 0. The van der Waals surface area contributed by atoms with Crippen LogP contribution in [0.1, 0.15) is 38.5 Å². The van der Waals surface area contributed by atoms with Crippen molar-refractivity contribution in [2.45, 2.75) is 44.6 Å². The van der Waals surface area contributed by atoms with E-state index in [-0.39, 0.29) is 12.5 Å². The van der Waals surface area contributed by atoms with E-state index in [1.807, 2.05) is 0 Å². The number of aliphatic carboxylic acids is 1. The molecule has 1 saturated carbocycles. The summed E-state index contributed by atoms with van der Waals surface area (Å²) in [6, 6.07) is 0. The predicted molar refractivity (Wildman–Crippen MR) is 56.0 cm³/mol. The Labute approximate surface area is 89.3 Å². The molecule has 0 saturated heterocycles. The summed E-state index contributed by atoms with van der Waals surface area (Å²) in [6.07, 6.45) is 6.38. The molecule has 1 atom stereocenters. The minimum atomic E-state index is -0.863. The van der Waals surface area contributed by atoms with Gasteiger partial charge in [0.2, 0.25) is 0 Å². The smallest absolute Gasteiger partial charge is 0.312 e. The molecule has 15 heavy (non-hydrogen) atoms. The summed E-state index contributed by atoms with van der Waals surface area (Å²) in [5.74, 6) is 0.143. The second kappa shape index (κ2) is 4.64. The molecule has 84 valence electrons. The minimum Gasteiger partial charge on any atom is -0.481 e. The van der Waals surface area contributed by atoms with E-state index in [2.05, 4.69) is 4.99 Å². The number of hydrogen-bond donors (Lipinski definition) is 1. The Hall–Kier alpha value is -1.06. The molecule has 1 fully saturated rings. The zero-order valence-electron chi connectivity index (χ0n) is 8.82. The highest BCUT2D eigenvalue weighted by molar-refractivity contribution is 5.94. The van der Waals surface area contributed by atoms with E-state index in [9.17, 15) is 4.79 Å². The van der Waals surface area contributed by atoms with Crippen molar-refractivity contribution in [2.24, 2.45) is 10.9 Å². The van der Waals surface area contributed by atoms with Gasteiger partial charge >= 0.3 is 5.97 Å². The highest BCUT2D eigenvalue weighted by Gasteiger charge is 2.30. The lowest BCUT2D eigenvalue weighted by Crippen LogP contribution is -2.26. The fourth-order valence-electron chi connectivity index (χ4n) is 2.42. The Morgan fingerprint density at radius 1 is 1.40 bits per heavy atom. The van der Waals surface area contributed by atoms with Gasteiger partial charge in [0.05, 0.1) is 6.54 Å². The van der Waals surface area contributed by atoms with Crippen LogP contribution in [0, 0.1) is 5.92 Å². The van der Waals surface area contributed by atoms with Gasteiger partial charge in [-0.1, -0.05) is 19.3 Å². The van der Waals surface area contributed by atoms with Crippen molar-refractivity contribution < 1.29 is 14.6 Å². The molecular formula is C11H17NO3. The van der Waals surface area contributed by atoms with Gasteiger partial charge in [0.25, 0.3) is 0 Å². The van der Waals surface area contributed by atoms with E-state index in [4.69, 9.17) is 9.84 Å². The summed E-state index contributed by atoms with van der Waals surface area (Å²) >= 11 is 0. The lowest BCUT2D eigenvalue weighted by molar-refractivity contribution is -0.135. The molecule has 2 rings (SSSR count). The molecule has 0 aromatic heterocycles. The highest BCUT2D eigenvalue weighted by Crippen LogP contribution is 2.30. The third-order valence-electron chi connectivity index (χ3n) is 3.21. The lowest BCUT2D eigenvalue weighted by Gasteiger charge is -2.26. The van der Waals surface area contributed by atoms with Crippen molar-refractivity contribution in [3.63, 3.8) is 0 Å². The van der Waals surface area contributed by atoms with Gasteiger partial charge in [-0.3, -0.25) is 9.79 Å². The summed E-state index contributed by atoms with van der Waals surface area (Å²) in [5, 5.41) is 8.61. The fraction of sp³-hybridized carbons (Fsp3) is 0.818. The molecule has 1 unspecified atom stereocenters. The van der Waals surface area contributed by atoms with E-state index >= 15 is 0 Å². The van der Waals surface area contributed by atoms with Gasteiger partial charge < -0.3 is 9.84 Å². The molecule has 1 aliphatic heterocycles. The van der Waals surface area contributed by atoms with E-state index in [0.717, 1.165) is 0 Å². The number of aliphatic imine (C=N–C) groups is 1. The molecule has 1 N–H and O–H groups in total. The Kier molecular flexibility index (Phi) is 3.23. The molecule has 1 heterocycles. The molecule has 4 nitrogen and oxygen atoms in total. The number of rotatable bonds is 3.